The second-order valence-electron chi connectivity index (χ2n) is 11.5. The van der Waals surface area contributed by atoms with E-state index in [2.05, 4.69) is 0 Å². The maximum Gasteiger partial charge on any atom is 0.164 e. The summed E-state index contributed by atoms with van der Waals surface area (Å²) >= 11 is 0. The Morgan fingerprint density at radius 1 is 0.388 bits per heavy atom. The topological polar surface area (TPSA) is 43.6 Å². The first-order valence-electron chi connectivity index (χ1n) is 19.8. The zero-order valence-electron chi connectivity index (χ0n) is 34.0. The molecule has 9 aromatic rings. The van der Waals surface area contributed by atoms with Crippen LogP contribution in [0.2, 0.25) is 0 Å². The van der Waals surface area contributed by atoms with Gasteiger partial charge in [0.05, 0.1) is 27.7 Å². The minimum Gasteiger partial charge on any atom is -0.309 e. The van der Waals surface area contributed by atoms with E-state index in [0.29, 0.717) is 34.3 Å². The largest absolute Gasteiger partial charge is 0.309 e. The smallest absolute Gasteiger partial charge is 0.164 e. The van der Waals surface area contributed by atoms with Gasteiger partial charge in [-0.1, -0.05) is 164 Å². The molecule has 0 aliphatic heterocycles. The van der Waals surface area contributed by atoms with Crippen LogP contribution >= 0.6 is 0 Å². The molecule has 0 amide bonds. The SMILES string of the molecule is [2H]c1c([2H])c([2H])c2c(c1[2H])c1c([2H])c([2H])c([2H])c([2H])c1n2-c1cc(-c2nc(-c3ccccc3)nc(-c3ccc(-c4ccccc4)cc3)n2)ccc1-c1ccccc1. The number of fused-ring (bicyclic) bond motifs is 3. The van der Waals surface area contributed by atoms with E-state index < -0.39 is 36.3 Å². The molecule has 230 valence electrons. The van der Waals surface area contributed by atoms with E-state index in [-0.39, 0.29) is 33.9 Å². The second-order valence-corrected chi connectivity index (χ2v) is 11.5. The first kappa shape index (κ1) is 21.3. The molecule has 2 aromatic heterocycles. The lowest BCUT2D eigenvalue weighted by Gasteiger charge is -2.16. The lowest BCUT2D eigenvalue weighted by Crippen LogP contribution is -2.02. The van der Waals surface area contributed by atoms with Crippen LogP contribution in [0.15, 0.2) is 182 Å². The highest BCUT2D eigenvalue weighted by Gasteiger charge is 2.18. The van der Waals surface area contributed by atoms with Gasteiger partial charge in [0.15, 0.2) is 17.5 Å². The fourth-order valence-electron chi connectivity index (χ4n) is 6.17. The molecule has 0 N–H and O–H groups in total. The van der Waals surface area contributed by atoms with Crippen LogP contribution in [0, 0.1) is 0 Å². The van der Waals surface area contributed by atoms with Gasteiger partial charge in [0.25, 0.3) is 0 Å². The number of hydrogen-bond donors (Lipinski definition) is 0. The van der Waals surface area contributed by atoms with Crippen molar-refractivity contribution in [3.63, 3.8) is 0 Å². The van der Waals surface area contributed by atoms with Crippen LogP contribution in [-0.4, -0.2) is 19.5 Å². The van der Waals surface area contributed by atoms with Crippen molar-refractivity contribution in [1.82, 2.24) is 19.5 Å². The van der Waals surface area contributed by atoms with Crippen molar-refractivity contribution < 1.29 is 11.0 Å². The molecule has 7 aromatic carbocycles. The maximum absolute atomic E-state index is 9.15. The summed E-state index contributed by atoms with van der Waals surface area (Å²) in [6, 6.07) is 39.1. The maximum atomic E-state index is 9.15. The molecule has 9 rings (SSSR count). The molecule has 49 heavy (non-hydrogen) atoms. The van der Waals surface area contributed by atoms with Crippen LogP contribution in [0.5, 0.6) is 0 Å². The molecule has 4 nitrogen and oxygen atoms in total. The molecule has 0 fully saturated rings. The summed E-state index contributed by atoms with van der Waals surface area (Å²) in [4.78, 5) is 14.8. The van der Waals surface area contributed by atoms with Crippen molar-refractivity contribution in [2.45, 2.75) is 0 Å². The monoisotopic (exact) mass is 634 g/mol. The van der Waals surface area contributed by atoms with Crippen LogP contribution in [0.25, 0.3) is 83.9 Å². The lowest BCUT2D eigenvalue weighted by molar-refractivity contribution is 1.07. The van der Waals surface area contributed by atoms with Crippen molar-refractivity contribution in [3.05, 3.63) is 182 Å². The summed E-state index contributed by atoms with van der Waals surface area (Å²) < 4.78 is 72.1. The molecular weight excluding hydrogens is 597 g/mol. The molecule has 0 saturated carbocycles. The normalized spacial score (nSPS) is 13.6. The summed E-state index contributed by atoms with van der Waals surface area (Å²) in [5.41, 5.74) is 6.09. The highest BCUT2D eigenvalue weighted by atomic mass is 15.0. The van der Waals surface area contributed by atoms with E-state index >= 15 is 0 Å². The van der Waals surface area contributed by atoms with Gasteiger partial charge in [0.2, 0.25) is 0 Å². The van der Waals surface area contributed by atoms with E-state index in [9.17, 15) is 0 Å². The summed E-state index contributed by atoms with van der Waals surface area (Å²) in [6.45, 7) is 0. The molecule has 0 unspecified atom stereocenters. The molecule has 0 aliphatic carbocycles. The van der Waals surface area contributed by atoms with Crippen molar-refractivity contribution in [2.75, 3.05) is 0 Å². The van der Waals surface area contributed by atoms with Crippen molar-refractivity contribution in [3.8, 4) is 62.1 Å². The van der Waals surface area contributed by atoms with Gasteiger partial charge in [-0.15, -0.1) is 0 Å². The summed E-state index contributed by atoms with van der Waals surface area (Å²) in [7, 11) is 0. The van der Waals surface area contributed by atoms with Gasteiger partial charge in [-0.3, -0.25) is 0 Å². The van der Waals surface area contributed by atoms with Crippen LogP contribution in [0.4, 0.5) is 0 Å². The Hall–Kier alpha value is -6.65. The first-order valence-corrected chi connectivity index (χ1v) is 15.8. The van der Waals surface area contributed by atoms with Gasteiger partial charge >= 0.3 is 0 Å². The Morgan fingerprint density at radius 2 is 0.796 bits per heavy atom. The third-order valence-electron chi connectivity index (χ3n) is 8.53. The standard InChI is InChI=1S/C45H30N4/c1-4-14-31(15-5-1)32-24-26-35(27-25-32)44-46-43(34-18-8-3-9-19-34)47-45(48-44)36-28-29-37(33-16-6-2-7-17-33)42(30-36)49-40-22-12-10-20-38(40)39-21-11-13-23-41(39)49/h1-30H/i10D,11D,12D,13D,20D,21D,22D,23D. The van der Waals surface area contributed by atoms with Crippen molar-refractivity contribution >= 4 is 21.8 Å². The number of nitrogens with zero attached hydrogens (tertiary/aromatic N) is 4. The average molecular weight is 635 g/mol. The second kappa shape index (κ2) is 12.2. The summed E-state index contributed by atoms with van der Waals surface area (Å²) in [5.74, 6) is 1.21. The zero-order valence-corrected chi connectivity index (χ0v) is 26.0. The lowest BCUT2D eigenvalue weighted by atomic mass is 10.0. The van der Waals surface area contributed by atoms with Crippen LogP contribution in [0.1, 0.15) is 11.0 Å². The molecule has 0 atom stereocenters. The van der Waals surface area contributed by atoms with E-state index in [4.69, 9.17) is 25.9 Å². The number of benzene rings is 7. The molecule has 0 spiro atoms. The van der Waals surface area contributed by atoms with Gasteiger partial charge in [-0.2, -0.15) is 0 Å². The first-order chi connectivity index (χ1) is 27.6. The quantitative estimate of drug-likeness (QED) is 0.183. The Labute approximate surface area is 295 Å². The van der Waals surface area contributed by atoms with Gasteiger partial charge in [0, 0.05) is 33.0 Å². The summed E-state index contributed by atoms with van der Waals surface area (Å²) in [6.07, 6.45) is 0. The summed E-state index contributed by atoms with van der Waals surface area (Å²) in [5, 5.41) is 0.000325. The van der Waals surface area contributed by atoms with Gasteiger partial charge in [0.1, 0.15) is 0 Å². The Balaban J connectivity index is 1.35. The predicted octanol–water partition coefficient (Wildman–Crippen LogP) is 11.3. The Bertz CT molecular complexity index is 2950. The van der Waals surface area contributed by atoms with Gasteiger partial charge in [-0.25, -0.2) is 15.0 Å². The molecule has 4 heteroatoms. The van der Waals surface area contributed by atoms with E-state index in [1.807, 2.05) is 127 Å². The number of hydrogen-bond acceptors (Lipinski definition) is 3. The van der Waals surface area contributed by atoms with Crippen LogP contribution in [0.3, 0.4) is 0 Å². The molecule has 2 heterocycles. The van der Waals surface area contributed by atoms with E-state index in [0.717, 1.165) is 27.8 Å². The fraction of sp³-hybridized carbons (Fsp3) is 0. The van der Waals surface area contributed by atoms with Crippen molar-refractivity contribution in [1.29, 1.82) is 0 Å². The third-order valence-corrected chi connectivity index (χ3v) is 8.53. The highest BCUT2D eigenvalue weighted by molar-refractivity contribution is 6.09. The minimum absolute atomic E-state index is 0.000163. The minimum atomic E-state index is -0.501. The number of para-hydroxylation sites is 2. The molecule has 0 bridgehead atoms. The molecule has 0 radical (unpaired) electrons. The van der Waals surface area contributed by atoms with E-state index in [1.165, 1.54) is 4.57 Å². The molecule has 0 saturated heterocycles. The van der Waals surface area contributed by atoms with Gasteiger partial charge in [-0.05, 0) is 34.8 Å². The van der Waals surface area contributed by atoms with Crippen LogP contribution in [-0.2, 0) is 0 Å². The van der Waals surface area contributed by atoms with Gasteiger partial charge < -0.3 is 4.57 Å². The molecule has 0 aliphatic rings. The Kier molecular flexibility index (Phi) is 5.29. The third kappa shape index (κ3) is 5.26. The number of rotatable bonds is 6. The highest BCUT2D eigenvalue weighted by Crippen LogP contribution is 2.38. The van der Waals surface area contributed by atoms with Crippen molar-refractivity contribution in [2.24, 2.45) is 0 Å². The van der Waals surface area contributed by atoms with E-state index in [1.54, 1.807) is 6.07 Å². The molecular formula is C45H30N4. The average Bonchev–Trinajstić information content (AvgIpc) is 3.63. The van der Waals surface area contributed by atoms with Crippen LogP contribution < -0.4 is 0 Å². The fourth-order valence-corrected chi connectivity index (χ4v) is 6.17. The zero-order chi connectivity index (χ0) is 39.5. The number of aromatic nitrogens is 4. The Morgan fingerprint density at radius 3 is 1.37 bits per heavy atom. The predicted molar refractivity (Wildman–Crippen MR) is 201 cm³/mol.